The fourth-order valence-corrected chi connectivity index (χ4v) is 5.47. The molecule has 3 heterocycles. The Bertz CT molecular complexity index is 812. The van der Waals surface area contributed by atoms with E-state index in [1.54, 1.807) is 0 Å². The molecule has 0 atom stereocenters. The van der Waals surface area contributed by atoms with Gasteiger partial charge in [0.2, 0.25) is 0 Å². The molecule has 1 aromatic carbocycles. The van der Waals surface area contributed by atoms with E-state index in [2.05, 4.69) is 15.9 Å². The normalized spacial score (nSPS) is 22.5. The Kier molecular flexibility index (Phi) is 6.92. The van der Waals surface area contributed by atoms with E-state index >= 15 is 0 Å². The lowest BCUT2D eigenvalue weighted by atomic mass is 9.77. The van der Waals surface area contributed by atoms with Crippen LogP contribution in [-0.4, -0.2) is 66.9 Å². The highest BCUT2D eigenvalue weighted by Gasteiger charge is 2.43. The van der Waals surface area contributed by atoms with Gasteiger partial charge in [0, 0.05) is 43.4 Å². The Hall–Kier alpha value is -1.53. The summed E-state index contributed by atoms with van der Waals surface area (Å²) in [5.41, 5.74) is 2.19. The molecule has 1 spiro atoms. The summed E-state index contributed by atoms with van der Waals surface area (Å²) in [6.45, 7) is 11.8. The standard InChI is InChI=1S/C25H37ClFN3O2/c1-24(2,3)32-23(31)30-15-10-25(18-30)8-13-28(14-9-25)17-19-4-5-20(26)16-22(19)29-11-6-21(27)7-12-29/h4-5,16,21H,6-15,17-18H2,1-3H3. The van der Waals surface area contributed by atoms with Crippen LogP contribution in [0.3, 0.4) is 0 Å². The van der Waals surface area contributed by atoms with Crippen molar-refractivity contribution in [3.05, 3.63) is 28.8 Å². The lowest BCUT2D eigenvalue weighted by Crippen LogP contribution is -2.43. The average Bonchev–Trinajstić information content (AvgIpc) is 3.15. The quantitative estimate of drug-likeness (QED) is 0.590. The minimum absolute atomic E-state index is 0.181. The van der Waals surface area contributed by atoms with Crippen LogP contribution < -0.4 is 4.90 Å². The number of amides is 1. The van der Waals surface area contributed by atoms with Gasteiger partial charge in [-0.25, -0.2) is 9.18 Å². The van der Waals surface area contributed by atoms with Crippen LogP contribution in [0, 0.1) is 5.41 Å². The van der Waals surface area contributed by atoms with Crippen molar-refractivity contribution in [2.45, 2.75) is 71.2 Å². The van der Waals surface area contributed by atoms with Crippen molar-refractivity contribution < 1.29 is 13.9 Å². The number of hydrogen-bond acceptors (Lipinski definition) is 4. The zero-order valence-corrected chi connectivity index (χ0v) is 20.5. The van der Waals surface area contributed by atoms with Crippen molar-refractivity contribution in [1.29, 1.82) is 0 Å². The molecule has 0 radical (unpaired) electrons. The van der Waals surface area contributed by atoms with Crippen LogP contribution in [0.25, 0.3) is 0 Å². The van der Waals surface area contributed by atoms with E-state index in [1.165, 1.54) is 5.56 Å². The second-order valence-electron chi connectivity index (χ2n) is 10.9. The molecule has 1 aromatic rings. The molecule has 178 valence electrons. The summed E-state index contributed by atoms with van der Waals surface area (Å²) in [7, 11) is 0. The highest BCUT2D eigenvalue weighted by atomic mass is 35.5. The summed E-state index contributed by atoms with van der Waals surface area (Å²) >= 11 is 6.31. The van der Waals surface area contributed by atoms with E-state index in [9.17, 15) is 9.18 Å². The van der Waals surface area contributed by atoms with Gasteiger partial charge >= 0.3 is 6.09 Å². The zero-order chi connectivity index (χ0) is 22.9. The first-order valence-electron chi connectivity index (χ1n) is 12.0. The van der Waals surface area contributed by atoms with Crippen molar-refractivity contribution in [2.24, 2.45) is 5.41 Å². The molecule has 1 amide bonds. The van der Waals surface area contributed by atoms with Crippen LogP contribution in [-0.2, 0) is 11.3 Å². The number of likely N-dealkylation sites (tertiary alicyclic amines) is 2. The molecular weight excluding hydrogens is 429 g/mol. The van der Waals surface area contributed by atoms with Gasteiger partial charge in [-0.2, -0.15) is 0 Å². The van der Waals surface area contributed by atoms with Gasteiger partial charge in [0.15, 0.2) is 0 Å². The topological polar surface area (TPSA) is 36.0 Å². The molecule has 7 heteroatoms. The van der Waals surface area contributed by atoms with Gasteiger partial charge in [0.25, 0.3) is 0 Å². The molecule has 3 fully saturated rings. The molecule has 0 bridgehead atoms. The minimum atomic E-state index is -0.682. The van der Waals surface area contributed by atoms with Crippen LogP contribution >= 0.6 is 11.6 Å². The lowest BCUT2D eigenvalue weighted by molar-refractivity contribution is 0.0245. The molecule has 3 saturated heterocycles. The highest BCUT2D eigenvalue weighted by molar-refractivity contribution is 6.30. The number of hydrogen-bond donors (Lipinski definition) is 0. The SMILES string of the molecule is CC(C)(C)OC(=O)N1CCC2(CCN(Cc3ccc(Cl)cc3N3CCC(F)CC3)CC2)C1. The van der Waals surface area contributed by atoms with Gasteiger partial charge in [-0.3, -0.25) is 4.90 Å². The van der Waals surface area contributed by atoms with Crippen molar-refractivity contribution >= 4 is 23.4 Å². The molecule has 3 aliphatic heterocycles. The predicted molar refractivity (Wildman–Crippen MR) is 127 cm³/mol. The van der Waals surface area contributed by atoms with Crippen molar-refractivity contribution in [3.8, 4) is 0 Å². The molecule has 32 heavy (non-hydrogen) atoms. The van der Waals surface area contributed by atoms with Gasteiger partial charge in [-0.05, 0) is 89.1 Å². The number of anilines is 1. The van der Waals surface area contributed by atoms with Crippen molar-refractivity contribution in [2.75, 3.05) is 44.2 Å². The molecule has 0 saturated carbocycles. The number of rotatable bonds is 3. The van der Waals surface area contributed by atoms with Crippen LogP contribution in [0.5, 0.6) is 0 Å². The van der Waals surface area contributed by atoms with E-state index in [0.29, 0.717) is 12.8 Å². The van der Waals surface area contributed by atoms with E-state index in [1.807, 2.05) is 37.8 Å². The first-order chi connectivity index (χ1) is 15.1. The maximum atomic E-state index is 13.6. The number of ether oxygens (including phenoxy) is 1. The third-order valence-electron chi connectivity index (χ3n) is 7.21. The van der Waals surface area contributed by atoms with Gasteiger partial charge < -0.3 is 14.5 Å². The molecule has 0 N–H and O–H groups in total. The number of alkyl halides is 1. The minimum Gasteiger partial charge on any atom is -0.444 e. The first-order valence-corrected chi connectivity index (χ1v) is 12.4. The Morgan fingerprint density at radius 3 is 2.44 bits per heavy atom. The second-order valence-corrected chi connectivity index (χ2v) is 11.3. The van der Waals surface area contributed by atoms with E-state index in [4.69, 9.17) is 16.3 Å². The van der Waals surface area contributed by atoms with Crippen LogP contribution in [0.15, 0.2) is 18.2 Å². The maximum absolute atomic E-state index is 13.6. The molecule has 0 aromatic heterocycles. The largest absolute Gasteiger partial charge is 0.444 e. The Balaban J connectivity index is 1.34. The third kappa shape index (κ3) is 5.69. The predicted octanol–water partition coefficient (Wildman–Crippen LogP) is 5.50. The fraction of sp³-hybridized carbons (Fsp3) is 0.720. The average molecular weight is 466 g/mol. The molecule has 0 aliphatic carbocycles. The van der Waals surface area contributed by atoms with E-state index in [-0.39, 0.29) is 11.5 Å². The molecule has 4 rings (SSSR count). The molecule has 0 unspecified atom stereocenters. The Morgan fingerprint density at radius 2 is 1.78 bits per heavy atom. The smallest absolute Gasteiger partial charge is 0.410 e. The van der Waals surface area contributed by atoms with Gasteiger partial charge in [0.05, 0.1) is 0 Å². The summed E-state index contributed by atoms with van der Waals surface area (Å²) in [4.78, 5) is 19.2. The fourth-order valence-electron chi connectivity index (χ4n) is 5.31. The monoisotopic (exact) mass is 465 g/mol. The number of carbonyl (C=O) groups is 1. The lowest BCUT2D eigenvalue weighted by Gasteiger charge is -2.40. The second kappa shape index (κ2) is 9.38. The van der Waals surface area contributed by atoms with Crippen LogP contribution in [0.1, 0.15) is 58.4 Å². The van der Waals surface area contributed by atoms with Gasteiger partial charge in [-0.1, -0.05) is 17.7 Å². The number of piperidine rings is 2. The molecule has 3 aliphatic rings. The zero-order valence-electron chi connectivity index (χ0n) is 19.7. The summed E-state index contributed by atoms with van der Waals surface area (Å²) in [5.74, 6) is 0. The van der Waals surface area contributed by atoms with Crippen LogP contribution in [0.4, 0.5) is 14.9 Å². The van der Waals surface area contributed by atoms with E-state index < -0.39 is 11.8 Å². The van der Waals surface area contributed by atoms with Gasteiger partial charge in [-0.15, -0.1) is 0 Å². The summed E-state index contributed by atoms with van der Waals surface area (Å²) in [6, 6.07) is 6.13. The Morgan fingerprint density at radius 1 is 1.12 bits per heavy atom. The summed E-state index contributed by atoms with van der Waals surface area (Å²) < 4.78 is 19.2. The molecular formula is C25H37ClFN3O2. The number of carbonyl (C=O) groups excluding carboxylic acids is 1. The Labute approximate surface area is 196 Å². The summed E-state index contributed by atoms with van der Waals surface area (Å²) in [5, 5.41) is 0.733. The maximum Gasteiger partial charge on any atom is 0.410 e. The summed E-state index contributed by atoms with van der Waals surface area (Å²) in [6.07, 6.45) is 3.58. The van der Waals surface area contributed by atoms with E-state index in [0.717, 1.165) is 75.8 Å². The highest BCUT2D eigenvalue weighted by Crippen LogP contribution is 2.41. The van der Waals surface area contributed by atoms with Crippen molar-refractivity contribution in [3.63, 3.8) is 0 Å². The molecule has 5 nitrogen and oxygen atoms in total. The van der Waals surface area contributed by atoms with Gasteiger partial charge in [0.1, 0.15) is 11.8 Å². The van der Waals surface area contributed by atoms with Crippen molar-refractivity contribution in [1.82, 2.24) is 9.80 Å². The number of benzene rings is 1. The third-order valence-corrected chi connectivity index (χ3v) is 7.45. The number of nitrogens with zero attached hydrogens (tertiary/aromatic N) is 3. The van der Waals surface area contributed by atoms with Crippen LogP contribution in [0.2, 0.25) is 5.02 Å². The first kappa shape index (κ1) is 23.6. The number of halogens is 2.